The number of halogens is 1. The third-order valence-corrected chi connectivity index (χ3v) is 3.66. The number of alkyl halides is 1. The van der Waals surface area contributed by atoms with Crippen molar-refractivity contribution in [3.05, 3.63) is 22.4 Å². The summed E-state index contributed by atoms with van der Waals surface area (Å²) in [7, 11) is 0. The van der Waals surface area contributed by atoms with E-state index in [1.807, 2.05) is 25.3 Å². The van der Waals surface area contributed by atoms with Gasteiger partial charge in [0.1, 0.15) is 0 Å². The summed E-state index contributed by atoms with van der Waals surface area (Å²) in [5.41, 5.74) is 0. The second-order valence-corrected chi connectivity index (χ2v) is 7.26. The number of hydrogen-bond donors (Lipinski definition) is 1. The number of carbonyl (C=O) groups is 1. The molecule has 1 N–H and O–H groups in total. The third kappa shape index (κ3) is 3.91. The average molecular weight is 304 g/mol. The van der Waals surface area contributed by atoms with Crippen LogP contribution in [0.25, 0.3) is 0 Å². The molecule has 90 valence electrons. The molecule has 0 saturated heterocycles. The highest BCUT2D eigenvalue weighted by atomic mass is 79.9. The van der Waals surface area contributed by atoms with Crippen LogP contribution in [0.2, 0.25) is 0 Å². The molecule has 1 unspecified atom stereocenters. The standard InChI is InChI=1S/C12H18BrNOS/c1-4-6-9(10-7-5-8-16-10)14-11(15)12(2,3)13/h5,7-9H,4,6H2,1-3H3,(H,14,15). The Morgan fingerprint density at radius 2 is 2.31 bits per heavy atom. The van der Waals surface area contributed by atoms with Crippen molar-refractivity contribution >= 4 is 33.2 Å². The van der Waals surface area contributed by atoms with Gasteiger partial charge >= 0.3 is 0 Å². The summed E-state index contributed by atoms with van der Waals surface area (Å²) in [6.07, 6.45) is 2.04. The van der Waals surface area contributed by atoms with Gasteiger partial charge in [0.25, 0.3) is 0 Å². The Hall–Kier alpha value is -0.350. The van der Waals surface area contributed by atoms with E-state index in [9.17, 15) is 4.79 Å². The fourth-order valence-electron chi connectivity index (χ4n) is 1.39. The first-order valence-corrected chi connectivity index (χ1v) is 7.15. The first-order valence-electron chi connectivity index (χ1n) is 5.48. The SMILES string of the molecule is CCCC(NC(=O)C(C)(C)Br)c1cccs1. The van der Waals surface area contributed by atoms with Gasteiger partial charge in [-0.05, 0) is 31.7 Å². The molecule has 1 rings (SSSR count). The van der Waals surface area contributed by atoms with Gasteiger partial charge in [0, 0.05) is 4.88 Å². The topological polar surface area (TPSA) is 29.1 Å². The highest BCUT2D eigenvalue weighted by Gasteiger charge is 2.26. The van der Waals surface area contributed by atoms with Crippen LogP contribution in [0.4, 0.5) is 0 Å². The Kier molecular flexibility index (Phi) is 4.99. The zero-order valence-corrected chi connectivity index (χ0v) is 12.3. The van der Waals surface area contributed by atoms with Gasteiger partial charge in [-0.1, -0.05) is 35.3 Å². The van der Waals surface area contributed by atoms with Crippen LogP contribution >= 0.6 is 27.3 Å². The molecule has 16 heavy (non-hydrogen) atoms. The molecule has 1 aromatic heterocycles. The lowest BCUT2D eigenvalue weighted by molar-refractivity contribution is -0.123. The lowest BCUT2D eigenvalue weighted by Crippen LogP contribution is -2.39. The number of hydrogen-bond acceptors (Lipinski definition) is 2. The largest absolute Gasteiger partial charge is 0.347 e. The van der Waals surface area contributed by atoms with E-state index in [0.717, 1.165) is 12.8 Å². The van der Waals surface area contributed by atoms with Gasteiger partial charge in [0.15, 0.2) is 0 Å². The average Bonchev–Trinajstić information content (AvgIpc) is 2.68. The summed E-state index contributed by atoms with van der Waals surface area (Å²) in [6.45, 7) is 5.85. The van der Waals surface area contributed by atoms with Crippen molar-refractivity contribution < 1.29 is 4.79 Å². The molecule has 0 aliphatic carbocycles. The summed E-state index contributed by atoms with van der Waals surface area (Å²) in [5.74, 6) is 0.0411. The molecule has 0 aromatic carbocycles. The Balaban J connectivity index is 2.70. The van der Waals surface area contributed by atoms with Crippen LogP contribution in [0, 0.1) is 0 Å². The van der Waals surface area contributed by atoms with Crippen LogP contribution in [0.5, 0.6) is 0 Å². The van der Waals surface area contributed by atoms with E-state index in [0.29, 0.717) is 0 Å². The highest BCUT2D eigenvalue weighted by molar-refractivity contribution is 9.10. The molecule has 0 aliphatic rings. The number of thiophene rings is 1. The number of rotatable bonds is 5. The molecule has 1 heterocycles. The van der Waals surface area contributed by atoms with Gasteiger partial charge in [-0.3, -0.25) is 4.79 Å². The van der Waals surface area contributed by atoms with Gasteiger partial charge in [0.2, 0.25) is 5.91 Å². The Bertz CT molecular complexity index is 329. The van der Waals surface area contributed by atoms with E-state index in [1.54, 1.807) is 11.3 Å². The summed E-state index contributed by atoms with van der Waals surface area (Å²) in [5, 5.41) is 5.13. The smallest absolute Gasteiger partial charge is 0.236 e. The molecule has 2 nitrogen and oxygen atoms in total. The van der Waals surface area contributed by atoms with Gasteiger partial charge < -0.3 is 5.32 Å². The van der Waals surface area contributed by atoms with E-state index in [1.165, 1.54) is 4.88 Å². The zero-order chi connectivity index (χ0) is 12.2. The van der Waals surface area contributed by atoms with Crippen LogP contribution in [-0.4, -0.2) is 10.2 Å². The molecule has 1 amide bonds. The predicted octanol–water partition coefficient (Wildman–Crippen LogP) is 3.88. The monoisotopic (exact) mass is 303 g/mol. The second kappa shape index (κ2) is 5.82. The van der Waals surface area contributed by atoms with Crippen molar-refractivity contribution in [2.45, 2.75) is 44.0 Å². The van der Waals surface area contributed by atoms with E-state index in [-0.39, 0.29) is 11.9 Å². The quantitative estimate of drug-likeness (QED) is 0.822. The molecular weight excluding hydrogens is 286 g/mol. The maximum atomic E-state index is 11.9. The van der Waals surface area contributed by atoms with Crippen LogP contribution in [0.1, 0.15) is 44.5 Å². The van der Waals surface area contributed by atoms with Crippen molar-refractivity contribution in [2.75, 3.05) is 0 Å². The van der Waals surface area contributed by atoms with Crippen molar-refractivity contribution in [1.82, 2.24) is 5.32 Å². The minimum atomic E-state index is -0.504. The fraction of sp³-hybridized carbons (Fsp3) is 0.583. The van der Waals surface area contributed by atoms with Crippen LogP contribution < -0.4 is 5.32 Å². The molecule has 0 fully saturated rings. The maximum Gasteiger partial charge on any atom is 0.236 e. The minimum Gasteiger partial charge on any atom is -0.347 e. The molecule has 0 spiro atoms. The number of carbonyl (C=O) groups excluding carboxylic acids is 1. The van der Waals surface area contributed by atoms with Crippen molar-refractivity contribution in [1.29, 1.82) is 0 Å². The van der Waals surface area contributed by atoms with E-state index in [4.69, 9.17) is 0 Å². The van der Waals surface area contributed by atoms with Gasteiger partial charge in [-0.15, -0.1) is 11.3 Å². The van der Waals surface area contributed by atoms with E-state index >= 15 is 0 Å². The predicted molar refractivity (Wildman–Crippen MR) is 73.1 cm³/mol. The van der Waals surface area contributed by atoms with Gasteiger partial charge in [-0.2, -0.15) is 0 Å². The maximum absolute atomic E-state index is 11.9. The first kappa shape index (κ1) is 13.7. The van der Waals surface area contributed by atoms with Gasteiger partial charge in [0.05, 0.1) is 10.4 Å². The second-order valence-electron chi connectivity index (χ2n) is 4.30. The molecule has 4 heteroatoms. The lowest BCUT2D eigenvalue weighted by Gasteiger charge is -2.22. The van der Waals surface area contributed by atoms with Crippen molar-refractivity contribution in [2.24, 2.45) is 0 Å². The van der Waals surface area contributed by atoms with Crippen LogP contribution in [-0.2, 0) is 4.79 Å². The van der Waals surface area contributed by atoms with E-state index < -0.39 is 4.32 Å². The highest BCUT2D eigenvalue weighted by Crippen LogP contribution is 2.25. The summed E-state index contributed by atoms with van der Waals surface area (Å²) >= 11 is 5.07. The zero-order valence-electron chi connectivity index (χ0n) is 9.92. The van der Waals surface area contributed by atoms with Crippen molar-refractivity contribution in [3.63, 3.8) is 0 Å². The first-order chi connectivity index (χ1) is 7.45. The van der Waals surface area contributed by atoms with Gasteiger partial charge in [-0.25, -0.2) is 0 Å². The number of amides is 1. The molecule has 0 aliphatic heterocycles. The summed E-state index contributed by atoms with van der Waals surface area (Å²) in [4.78, 5) is 13.1. The molecule has 0 bridgehead atoms. The lowest BCUT2D eigenvalue weighted by atomic mass is 10.1. The van der Waals surface area contributed by atoms with Crippen molar-refractivity contribution in [3.8, 4) is 0 Å². The Labute approximate surface area is 110 Å². The normalized spacial score (nSPS) is 13.5. The Morgan fingerprint density at radius 1 is 1.62 bits per heavy atom. The minimum absolute atomic E-state index is 0.0411. The molecule has 0 radical (unpaired) electrons. The molecule has 0 saturated carbocycles. The third-order valence-electron chi connectivity index (χ3n) is 2.31. The van der Waals surface area contributed by atoms with E-state index in [2.05, 4.69) is 34.2 Å². The molecule has 1 atom stereocenters. The van der Waals surface area contributed by atoms with Crippen LogP contribution in [0.3, 0.4) is 0 Å². The van der Waals surface area contributed by atoms with Crippen LogP contribution in [0.15, 0.2) is 17.5 Å². The fourth-order valence-corrected chi connectivity index (χ4v) is 2.32. The Morgan fingerprint density at radius 3 is 2.75 bits per heavy atom. The summed E-state index contributed by atoms with van der Waals surface area (Å²) < 4.78 is -0.504. The molecular formula is C12H18BrNOS. The molecule has 1 aromatic rings. The number of nitrogens with one attached hydrogen (secondary N) is 1. The summed E-state index contributed by atoms with van der Waals surface area (Å²) in [6, 6.07) is 4.25.